The smallest absolute Gasteiger partial charge is 0.266 e. The van der Waals surface area contributed by atoms with Crippen LogP contribution in [-0.4, -0.2) is 22.9 Å². The highest BCUT2D eigenvalue weighted by Crippen LogP contribution is 2.37. The van der Waals surface area contributed by atoms with E-state index in [1.807, 2.05) is 4.90 Å². The van der Waals surface area contributed by atoms with Crippen molar-refractivity contribution in [2.45, 2.75) is 45.2 Å². The number of anilines is 1. The van der Waals surface area contributed by atoms with E-state index in [2.05, 4.69) is 13.8 Å². The number of nitrogens with two attached hydrogens (primary N) is 1. The molecule has 1 amide bonds. The maximum absolute atomic E-state index is 13.9. The number of piperidine rings is 1. The topological polar surface area (TPSA) is 46.3 Å². The third kappa shape index (κ3) is 2.29. The molecule has 1 aliphatic heterocycles. The lowest BCUT2D eigenvalue weighted by Crippen LogP contribution is -2.47. The predicted octanol–water partition coefficient (Wildman–Crippen LogP) is 4.03. The van der Waals surface area contributed by atoms with Crippen LogP contribution in [0.15, 0.2) is 18.2 Å². The molecular formula is C16H19FN2OS. The number of likely N-dealkylation sites (tertiary alicyclic amines) is 1. The number of thiophene rings is 1. The summed E-state index contributed by atoms with van der Waals surface area (Å²) in [5.41, 5.74) is 6.34. The summed E-state index contributed by atoms with van der Waals surface area (Å²) in [4.78, 5) is 15.2. The van der Waals surface area contributed by atoms with Gasteiger partial charge in [-0.15, -0.1) is 11.3 Å². The van der Waals surface area contributed by atoms with Gasteiger partial charge in [-0.2, -0.15) is 0 Å². The van der Waals surface area contributed by atoms with Gasteiger partial charge in [0.15, 0.2) is 0 Å². The molecule has 1 aliphatic rings. The largest absolute Gasteiger partial charge is 0.397 e. The molecule has 1 aromatic carbocycles. The van der Waals surface area contributed by atoms with Gasteiger partial charge in [0.25, 0.3) is 5.91 Å². The van der Waals surface area contributed by atoms with Gasteiger partial charge in [0.1, 0.15) is 10.7 Å². The van der Waals surface area contributed by atoms with Gasteiger partial charge in [-0.3, -0.25) is 4.79 Å². The van der Waals surface area contributed by atoms with Gasteiger partial charge in [-0.25, -0.2) is 4.39 Å². The number of fused-ring (bicyclic) bond motifs is 1. The average molecular weight is 306 g/mol. The van der Waals surface area contributed by atoms with Crippen molar-refractivity contribution in [2.24, 2.45) is 0 Å². The van der Waals surface area contributed by atoms with E-state index in [1.165, 1.54) is 17.4 Å². The first-order valence-corrected chi connectivity index (χ1v) is 8.11. The maximum Gasteiger partial charge on any atom is 0.266 e. The Labute approximate surface area is 127 Å². The molecule has 5 heteroatoms. The monoisotopic (exact) mass is 306 g/mol. The first kappa shape index (κ1) is 14.3. The molecule has 1 saturated heterocycles. The van der Waals surface area contributed by atoms with E-state index in [-0.39, 0.29) is 29.5 Å². The fraction of sp³-hybridized carbons (Fsp3) is 0.438. The Hall–Kier alpha value is -1.62. The molecule has 2 N–H and O–H groups in total. The molecular weight excluding hydrogens is 287 g/mol. The summed E-state index contributed by atoms with van der Waals surface area (Å²) < 4.78 is 14.7. The second-order valence-corrected chi connectivity index (χ2v) is 6.85. The van der Waals surface area contributed by atoms with Gasteiger partial charge in [-0.1, -0.05) is 6.07 Å². The zero-order chi connectivity index (χ0) is 15.1. The number of hydrogen-bond acceptors (Lipinski definition) is 3. The number of halogens is 1. The summed E-state index contributed by atoms with van der Waals surface area (Å²) in [5.74, 6) is -0.423. The Morgan fingerprint density at radius 2 is 2.00 bits per heavy atom. The molecule has 0 spiro atoms. The second kappa shape index (κ2) is 5.30. The zero-order valence-electron chi connectivity index (χ0n) is 12.2. The van der Waals surface area contributed by atoms with Crippen molar-refractivity contribution in [1.82, 2.24) is 4.90 Å². The number of nitrogen functional groups attached to an aromatic ring is 1. The Balaban J connectivity index is 2.05. The van der Waals surface area contributed by atoms with Gasteiger partial charge in [0.2, 0.25) is 0 Å². The number of rotatable bonds is 1. The van der Waals surface area contributed by atoms with Gasteiger partial charge < -0.3 is 10.6 Å². The first-order valence-electron chi connectivity index (χ1n) is 7.30. The lowest BCUT2D eigenvalue weighted by Gasteiger charge is -2.38. The third-order valence-electron chi connectivity index (χ3n) is 4.32. The summed E-state index contributed by atoms with van der Waals surface area (Å²) >= 11 is 1.29. The SMILES string of the molecule is C[C@@H]1CCC[C@H](C)N1C(=O)c1sc2cccc(F)c2c1N. The van der Waals surface area contributed by atoms with Crippen LogP contribution >= 0.6 is 11.3 Å². The highest BCUT2D eigenvalue weighted by atomic mass is 32.1. The van der Waals surface area contributed by atoms with E-state index in [0.717, 1.165) is 24.0 Å². The van der Waals surface area contributed by atoms with Crippen LogP contribution in [0, 0.1) is 5.82 Å². The number of nitrogens with zero attached hydrogens (tertiary/aromatic N) is 1. The van der Waals surface area contributed by atoms with E-state index < -0.39 is 0 Å². The molecule has 3 rings (SSSR count). The molecule has 112 valence electrons. The minimum atomic E-state index is -0.361. The normalized spacial score (nSPS) is 22.7. The molecule has 0 radical (unpaired) electrons. The molecule has 1 aromatic heterocycles. The van der Waals surface area contributed by atoms with Gasteiger partial charge in [0.05, 0.1) is 11.1 Å². The van der Waals surface area contributed by atoms with Gasteiger partial charge in [0, 0.05) is 16.8 Å². The molecule has 0 bridgehead atoms. The number of benzene rings is 1. The first-order chi connectivity index (χ1) is 10.0. The Morgan fingerprint density at radius 3 is 2.62 bits per heavy atom. The van der Waals surface area contributed by atoms with Crippen molar-refractivity contribution >= 4 is 33.0 Å². The van der Waals surface area contributed by atoms with Crippen LogP contribution in [0.5, 0.6) is 0 Å². The summed E-state index contributed by atoms with van der Waals surface area (Å²) in [6.45, 7) is 4.13. The summed E-state index contributed by atoms with van der Waals surface area (Å²) in [6.07, 6.45) is 3.16. The predicted molar refractivity (Wildman–Crippen MR) is 85.1 cm³/mol. The zero-order valence-corrected chi connectivity index (χ0v) is 13.0. The Kier molecular flexibility index (Phi) is 3.61. The van der Waals surface area contributed by atoms with Crippen LogP contribution in [0.4, 0.5) is 10.1 Å². The summed E-state index contributed by atoms with van der Waals surface area (Å²) in [5, 5.41) is 0.378. The molecule has 0 aliphatic carbocycles. The van der Waals surface area contributed by atoms with Crippen LogP contribution < -0.4 is 5.73 Å². The van der Waals surface area contributed by atoms with Crippen molar-refractivity contribution in [3.05, 3.63) is 28.9 Å². The van der Waals surface area contributed by atoms with Crippen molar-refractivity contribution in [3.8, 4) is 0 Å². The fourth-order valence-electron chi connectivity index (χ4n) is 3.23. The lowest BCUT2D eigenvalue weighted by atomic mass is 9.97. The molecule has 3 nitrogen and oxygen atoms in total. The summed E-state index contributed by atoms with van der Waals surface area (Å²) in [7, 11) is 0. The highest BCUT2D eigenvalue weighted by Gasteiger charge is 2.32. The van der Waals surface area contributed by atoms with E-state index in [0.29, 0.717) is 10.3 Å². The van der Waals surface area contributed by atoms with E-state index in [9.17, 15) is 9.18 Å². The number of hydrogen-bond donors (Lipinski definition) is 1. The standard InChI is InChI=1S/C16H19FN2OS/c1-9-5-3-6-10(2)19(9)16(20)15-14(18)13-11(17)7-4-8-12(13)21-15/h4,7-10H,3,5-6,18H2,1-2H3/t9-,10+. The molecule has 1 fully saturated rings. The maximum atomic E-state index is 13.9. The summed E-state index contributed by atoms with van der Waals surface area (Å²) in [6, 6.07) is 5.24. The third-order valence-corrected chi connectivity index (χ3v) is 5.48. The molecule has 0 unspecified atom stereocenters. The minimum Gasteiger partial charge on any atom is -0.397 e. The van der Waals surface area contributed by atoms with Crippen LogP contribution in [-0.2, 0) is 0 Å². The number of carbonyl (C=O) groups is 1. The van der Waals surface area contributed by atoms with Crippen LogP contribution in [0.3, 0.4) is 0 Å². The van der Waals surface area contributed by atoms with Crippen LogP contribution in [0.1, 0.15) is 42.8 Å². The highest BCUT2D eigenvalue weighted by molar-refractivity contribution is 7.21. The van der Waals surface area contributed by atoms with Gasteiger partial charge in [-0.05, 0) is 45.2 Å². The van der Waals surface area contributed by atoms with E-state index in [4.69, 9.17) is 5.73 Å². The van der Waals surface area contributed by atoms with Crippen molar-refractivity contribution in [3.63, 3.8) is 0 Å². The number of amides is 1. The van der Waals surface area contributed by atoms with Crippen molar-refractivity contribution < 1.29 is 9.18 Å². The lowest BCUT2D eigenvalue weighted by molar-refractivity contribution is 0.0517. The van der Waals surface area contributed by atoms with Gasteiger partial charge >= 0.3 is 0 Å². The second-order valence-electron chi connectivity index (χ2n) is 5.80. The van der Waals surface area contributed by atoms with Crippen LogP contribution in [0.25, 0.3) is 10.1 Å². The van der Waals surface area contributed by atoms with E-state index >= 15 is 0 Å². The molecule has 2 heterocycles. The molecule has 21 heavy (non-hydrogen) atoms. The molecule has 0 saturated carbocycles. The number of carbonyl (C=O) groups excluding carboxylic acids is 1. The van der Waals surface area contributed by atoms with Crippen molar-refractivity contribution in [1.29, 1.82) is 0 Å². The van der Waals surface area contributed by atoms with E-state index in [1.54, 1.807) is 12.1 Å². The average Bonchev–Trinajstić information content (AvgIpc) is 2.77. The molecule has 2 aromatic rings. The quantitative estimate of drug-likeness (QED) is 0.864. The fourth-order valence-corrected chi connectivity index (χ4v) is 4.31. The Morgan fingerprint density at radius 1 is 1.33 bits per heavy atom. The Bertz CT molecular complexity index is 687. The van der Waals surface area contributed by atoms with Crippen LogP contribution in [0.2, 0.25) is 0 Å². The molecule has 2 atom stereocenters. The van der Waals surface area contributed by atoms with Crippen molar-refractivity contribution in [2.75, 3.05) is 5.73 Å². The minimum absolute atomic E-state index is 0.0622.